The van der Waals surface area contributed by atoms with Crippen molar-refractivity contribution in [2.75, 3.05) is 26.2 Å². The molecule has 0 atom stereocenters. The lowest BCUT2D eigenvalue weighted by Crippen LogP contribution is -2.36. The van der Waals surface area contributed by atoms with Crippen molar-refractivity contribution < 1.29 is 4.74 Å². The van der Waals surface area contributed by atoms with Gasteiger partial charge in [0, 0.05) is 23.6 Å². The number of aromatic amines is 1. The van der Waals surface area contributed by atoms with Crippen molar-refractivity contribution in [3.63, 3.8) is 0 Å². The largest absolute Gasteiger partial charge is 0.493 e. The van der Waals surface area contributed by atoms with E-state index in [1.807, 2.05) is 30.3 Å². The first-order chi connectivity index (χ1) is 12.4. The van der Waals surface area contributed by atoms with Crippen LogP contribution in [0.1, 0.15) is 18.4 Å². The maximum absolute atomic E-state index is 5.93. The van der Waals surface area contributed by atoms with Crippen LogP contribution in [-0.4, -0.2) is 36.1 Å². The van der Waals surface area contributed by atoms with E-state index < -0.39 is 0 Å². The van der Waals surface area contributed by atoms with Crippen LogP contribution < -0.4 is 4.74 Å². The number of likely N-dealkylation sites (tertiary alicyclic amines) is 1. The summed E-state index contributed by atoms with van der Waals surface area (Å²) in [6.07, 6.45) is 5.77. The number of rotatable bonds is 6. The number of hydrogen-bond acceptors (Lipinski definition) is 2. The van der Waals surface area contributed by atoms with Gasteiger partial charge in [-0.05, 0) is 62.0 Å². The monoisotopic (exact) mass is 334 g/mol. The minimum absolute atomic E-state index is 0.685. The standard InChI is InChI=1S/C22H26N2O/c1-2-6-20(7-3-1)25-17-18-10-13-24(14-11-18)15-12-19-16-23-22-9-5-4-8-21(19)22/h1-9,16,18,23H,10-15,17H2. The zero-order valence-electron chi connectivity index (χ0n) is 14.7. The summed E-state index contributed by atoms with van der Waals surface area (Å²) >= 11 is 0. The van der Waals surface area contributed by atoms with E-state index in [-0.39, 0.29) is 0 Å². The lowest BCUT2D eigenvalue weighted by atomic mass is 9.97. The van der Waals surface area contributed by atoms with E-state index in [0.29, 0.717) is 5.92 Å². The predicted molar refractivity (Wildman–Crippen MR) is 103 cm³/mol. The van der Waals surface area contributed by atoms with E-state index in [0.717, 1.165) is 25.3 Å². The van der Waals surface area contributed by atoms with Gasteiger partial charge in [0.2, 0.25) is 0 Å². The molecule has 1 saturated heterocycles. The number of fused-ring (bicyclic) bond motifs is 1. The zero-order chi connectivity index (χ0) is 16.9. The lowest BCUT2D eigenvalue weighted by Gasteiger charge is -2.31. The Bertz CT molecular complexity index is 788. The fourth-order valence-electron chi connectivity index (χ4n) is 3.72. The van der Waals surface area contributed by atoms with E-state index in [1.54, 1.807) is 0 Å². The lowest BCUT2D eigenvalue weighted by molar-refractivity contribution is 0.142. The Kier molecular flexibility index (Phi) is 5.03. The van der Waals surface area contributed by atoms with E-state index in [2.05, 4.69) is 40.3 Å². The normalized spacial score (nSPS) is 16.3. The molecule has 130 valence electrons. The van der Waals surface area contributed by atoms with Crippen molar-refractivity contribution in [3.05, 3.63) is 66.4 Å². The van der Waals surface area contributed by atoms with Crippen LogP contribution in [0, 0.1) is 5.92 Å². The first-order valence-corrected chi connectivity index (χ1v) is 9.34. The Morgan fingerprint density at radius 2 is 1.72 bits per heavy atom. The number of aromatic nitrogens is 1. The Labute approximate surface area is 149 Å². The number of H-pyrrole nitrogens is 1. The highest BCUT2D eigenvalue weighted by molar-refractivity contribution is 5.83. The van der Waals surface area contributed by atoms with Gasteiger partial charge in [0.15, 0.2) is 0 Å². The summed E-state index contributed by atoms with van der Waals surface area (Å²) < 4.78 is 5.93. The Balaban J connectivity index is 1.22. The van der Waals surface area contributed by atoms with Gasteiger partial charge in [0.1, 0.15) is 5.75 Å². The fraction of sp³-hybridized carbons (Fsp3) is 0.364. The van der Waals surface area contributed by atoms with Crippen LogP contribution in [0.4, 0.5) is 0 Å². The third-order valence-corrected chi connectivity index (χ3v) is 5.31. The molecule has 0 amide bonds. The first-order valence-electron chi connectivity index (χ1n) is 9.34. The number of hydrogen-bond donors (Lipinski definition) is 1. The number of para-hydroxylation sites is 2. The van der Waals surface area contributed by atoms with E-state index >= 15 is 0 Å². The summed E-state index contributed by atoms with van der Waals surface area (Å²) in [7, 11) is 0. The maximum atomic E-state index is 5.93. The molecule has 0 bridgehead atoms. The van der Waals surface area contributed by atoms with Crippen molar-refractivity contribution >= 4 is 10.9 Å². The molecule has 1 aromatic heterocycles. The van der Waals surface area contributed by atoms with Gasteiger partial charge in [-0.2, -0.15) is 0 Å². The Morgan fingerprint density at radius 3 is 2.56 bits per heavy atom. The summed E-state index contributed by atoms with van der Waals surface area (Å²) in [5.74, 6) is 1.67. The molecular weight excluding hydrogens is 308 g/mol. The van der Waals surface area contributed by atoms with E-state index in [9.17, 15) is 0 Å². The quantitative estimate of drug-likeness (QED) is 0.719. The Morgan fingerprint density at radius 1 is 0.960 bits per heavy atom. The van der Waals surface area contributed by atoms with Crippen LogP contribution in [0.5, 0.6) is 5.75 Å². The highest BCUT2D eigenvalue weighted by atomic mass is 16.5. The first kappa shape index (κ1) is 16.2. The molecule has 0 aliphatic carbocycles. The molecule has 0 saturated carbocycles. The molecular formula is C22H26N2O. The smallest absolute Gasteiger partial charge is 0.119 e. The average Bonchev–Trinajstić information content (AvgIpc) is 3.10. The highest BCUT2D eigenvalue weighted by Crippen LogP contribution is 2.21. The van der Waals surface area contributed by atoms with Gasteiger partial charge in [0.25, 0.3) is 0 Å². The van der Waals surface area contributed by atoms with Crippen LogP contribution in [0.15, 0.2) is 60.8 Å². The molecule has 3 aromatic rings. The van der Waals surface area contributed by atoms with Gasteiger partial charge in [-0.1, -0.05) is 36.4 Å². The molecule has 2 heterocycles. The molecule has 1 aliphatic rings. The number of nitrogens with zero attached hydrogens (tertiary/aromatic N) is 1. The molecule has 1 N–H and O–H groups in total. The number of ether oxygens (including phenoxy) is 1. The van der Waals surface area contributed by atoms with Crippen LogP contribution >= 0.6 is 0 Å². The van der Waals surface area contributed by atoms with Gasteiger partial charge in [-0.25, -0.2) is 0 Å². The van der Waals surface area contributed by atoms with E-state index in [1.165, 1.54) is 42.4 Å². The number of nitrogens with one attached hydrogen (secondary N) is 1. The van der Waals surface area contributed by atoms with Gasteiger partial charge >= 0.3 is 0 Å². The van der Waals surface area contributed by atoms with Crippen molar-refractivity contribution in [2.45, 2.75) is 19.3 Å². The summed E-state index contributed by atoms with van der Waals surface area (Å²) in [4.78, 5) is 5.98. The average molecular weight is 334 g/mol. The minimum Gasteiger partial charge on any atom is -0.493 e. The third-order valence-electron chi connectivity index (χ3n) is 5.31. The molecule has 0 radical (unpaired) electrons. The van der Waals surface area contributed by atoms with Gasteiger partial charge in [0.05, 0.1) is 6.61 Å². The second-order valence-corrected chi connectivity index (χ2v) is 7.02. The van der Waals surface area contributed by atoms with Crippen LogP contribution in [0.2, 0.25) is 0 Å². The van der Waals surface area contributed by atoms with E-state index in [4.69, 9.17) is 4.74 Å². The van der Waals surface area contributed by atoms with Crippen molar-refractivity contribution in [2.24, 2.45) is 5.92 Å². The molecule has 4 rings (SSSR count). The predicted octanol–water partition coefficient (Wildman–Crippen LogP) is 4.50. The highest BCUT2D eigenvalue weighted by Gasteiger charge is 2.19. The molecule has 3 heteroatoms. The minimum atomic E-state index is 0.685. The summed E-state index contributed by atoms with van der Waals surface area (Å²) in [6, 6.07) is 18.7. The van der Waals surface area contributed by atoms with Crippen LogP contribution in [-0.2, 0) is 6.42 Å². The zero-order valence-corrected chi connectivity index (χ0v) is 14.7. The molecule has 0 unspecified atom stereocenters. The third kappa shape index (κ3) is 4.05. The molecule has 3 nitrogen and oxygen atoms in total. The second kappa shape index (κ2) is 7.75. The second-order valence-electron chi connectivity index (χ2n) is 7.02. The topological polar surface area (TPSA) is 28.3 Å². The maximum Gasteiger partial charge on any atom is 0.119 e. The van der Waals surface area contributed by atoms with Crippen molar-refractivity contribution in [1.29, 1.82) is 0 Å². The summed E-state index contributed by atoms with van der Waals surface area (Å²) in [5, 5.41) is 1.37. The van der Waals surface area contributed by atoms with Crippen molar-refractivity contribution in [1.82, 2.24) is 9.88 Å². The van der Waals surface area contributed by atoms with Crippen molar-refractivity contribution in [3.8, 4) is 5.75 Å². The Hall–Kier alpha value is -2.26. The number of benzene rings is 2. The fourth-order valence-corrected chi connectivity index (χ4v) is 3.72. The van der Waals surface area contributed by atoms with Crippen LogP contribution in [0.25, 0.3) is 10.9 Å². The molecule has 1 aliphatic heterocycles. The SMILES string of the molecule is c1ccc(OCC2CCN(CCc3c[nH]c4ccccc34)CC2)cc1. The summed E-state index contributed by atoms with van der Waals surface area (Å²) in [6.45, 7) is 4.37. The number of piperidine rings is 1. The summed E-state index contributed by atoms with van der Waals surface area (Å²) in [5.41, 5.74) is 2.68. The molecule has 2 aromatic carbocycles. The molecule has 25 heavy (non-hydrogen) atoms. The van der Waals surface area contributed by atoms with Gasteiger partial charge in [-0.15, -0.1) is 0 Å². The van der Waals surface area contributed by atoms with Crippen LogP contribution in [0.3, 0.4) is 0 Å². The molecule has 0 spiro atoms. The van der Waals surface area contributed by atoms with Gasteiger partial charge in [-0.3, -0.25) is 0 Å². The van der Waals surface area contributed by atoms with Gasteiger partial charge < -0.3 is 14.6 Å². The molecule has 1 fully saturated rings.